The Balaban J connectivity index is 3.00. The molecule has 37 heavy (non-hydrogen) atoms. The Kier molecular flexibility index (Phi) is 37.1. The van der Waals surface area contributed by atoms with E-state index in [1.54, 1.807) is 10.6 Å². The molecule has 0 rings (SSSR count). The SMILES string of the molecule is CCCCCCCCCCCCCCCCC[CH2][Al+][CH2]CCCCCCCCCCCCCCCCC. The van der Waals surface area contributed by atoms with Crippen LogP contribution in [0.3, 0.4) is 0 Å². The molecule has 0 aliphatic carbocycles. The molecule has 1 heteroatoms. The van der Waals surface area contributed by atoms with E-state index in [9.17, 15) is 0 Å². The van der Waals surface area contributed by atoms with Crippen molar-refractivity contribution >= 4 is 15.2 Å². The van der Waals surface area contributed by atoms with Gasteiger partial charge in [0, 0.05) is 0 Å². The maximum atomic E-state index is 2.31. The summed E-state index contributed by atoms with van der Waals surface area (Å²) < 4.78 is 0. The third kappa shape index (κ3) is 36.5. The van der Waals surface area contributed by atoms with Gasteiger partial charge in [0.05, 0.1) is 0 Å². The molecule has 0 saturated heterocycles. The van der Waals surface area contributed by atoms with Crippen LogP contribution in [0, 0.1) is 0 Å². The zero-order valence-corrected chi connectivity index (χ0v) is 27.8. The molecule has 0 bridgehead atoms. The molecule has 0 aromatic heterocycles. The predicted octanol–water partition coefficient (Wildman–Crippen LogP) is 14.1. The molecule has 0 N–H and O–H groups in total. The molecule has 0 aliphatic rings. The van der Waals surface area contributed by atoms with E-state index in [4.69, 9.17) is 0 Å². The summed E-state index contributed by atoms with van der Waals surface area (Å²) in [4.78, 5) is 0. The van der Waals surface area contributed by atoms with Crippen LogP contribution in [0.25, 0.3) is 0 Å². The van der Waals surface area contributed by atoms with E-state index in [0.29, 0.717) is 0 Å². The van der Waals surface area contributed by atoms with Crippen molar-refractivity contribution in [1.82, 2.24) is 0 Å². The van der Waals surface area contributed by atoms with Gasteiger partial charge in [0.1, 0.15) is 0 Å². The van der Waals surface area contributed by atoms with Crippen molar-refractivity contribution in [2.24, 2.45) is 0 Å². The summed E-state index contributed by atoms with van der Waals surface area (Å²) in [7, 11) is 0. The van der Waals surface area contributed by atoms with Crippen LogP contribution in [-0.2, 0) is 0 Å². The third-order valence-corrected chi connectivity index (χ3v) is 10.2. The first-order chi connectivity index (χ1) is 18.4. The van der Waals surface area contributed by atoms with Crippen LogP contribution in [0.15, 0.2) is 0 Å². The van der Waals surface area contributed by atoms with Crippen molar-refractivity contribution < 1.29 is 0 Å². The molecular formula is C36H74Al+. The predicted molar refractivity (Wildman–Crippen MR) is 174 cm³/mol. The number of hydrogen-bond donors (Lipinski definition) is 0. The van der Waals surface area contributed by atoms with E-state index < -0.39 is 0 Å². The Morgan fingerprint density at radius 2 is 0.378 bits per heavy atom. The summed E-state index contributed by atoms with van der Waals surface area (Å²) in [6.45, 7) is 4.62. The van der Waals surface area contributed by atoms with Crippen molar-refractivity contribution in [1.29, 1.82) is 0 Å². The average Bonchev–Trinajstić information content (AvgIpc) is 2.91. The normalized spacial score (nSPS) is 11.3. The quantitative estimate of drug-likeness (QED) is 0.0570. The molecule has 0 aromatic rings. The van der Waals surface area contributed by atoms with Gasteiger partial charge in [-0.3, -0.25) is 0 Å². The van der Waals surface area contributed by atoms with Crippen LogP contribution in [-0.4, -0.2) is 15.2 Å². The van der Waals surface area contributed by atoms with E-state index in [0.717, 1.165) is 15.2 Å². The van der Waals surface area contributed by atoms with Crippen molar-refractivity contribution in [3.8, 4) is 0 Å². The molecule has 0 aromatic carbocycles. The van der Waals surface area contributed by atoms with Crippen LogP contribution in [0.4, 0.5) is 0 Å². The minimum Gasteiger partial charge on any atom is -0.0654 e. The Morgan fingerprint density at radius 3 is 0.568 bits per heavy atom. The Hall–Kier alpha value is 0.532. The van der Waals surface area contributed by atoms with Gasteiger partial charge >= 0.3 is 167 Å². The zero-order chi connectivity index (χ0) is 26.7. The number of unbranched alkanes of at least 4 members (excludes halogenated alkanes) is 30. The fourth-order valence-corrected chi connectivity index (χ4v) is 7.26. The Labute approximate surface area is 244 Å². The van der Waals surface area contributed by atoms with Crippen LogP contribution < -0.4 is 0 Å². The minimum atomic E-state index is 0.768. The molecule has 0 heterocycles. The summed E-state index contributed by atoms with van der Waals surface area (Å²) in [5, 5.41) is 3.16. The summed E-state index contributed by atoms with van der Waals surface area (Å²) in [5.41, 5.74) is 0. The second-order valence-corrected chi connectivity index (χ2v) is 14.2. The Bertz CT molecular complexity index is 332. The van der Waals surface area contributed by atoms with Crippen molar-refractivity contribution in [2.75, 3.05) is 0 Å². The zero-order valence-electron chi connectivity index (χ0n) is 26.6. The smallest absolute Gasteiger partial charge is 0.0654 e. The van der Waals surface area contributed by atoms with Crippen LogP contribution in [0.2, 0.25) is 10.6 Å². The van der Waals surface area contributed by atoms with Gasteiger partial charge in [-0.25, -0.2) is 0 Å². The fraction of sp³-hybridized carbons (Fsp3) is 1.00. The number of rotatable bonds is 34. The molecule has 0 saturated carbocycles. The third-order valence-electron chi connectivity index (χ3n) is 8.52. The molecule has 0 aliphatic heterocycles. The minimum absolute atomic E-state index is 0.768. The van der Waals surface area contributed by atoms with Gasteiger partial charge in [-0.15, -0.1) is 0 Å². The second kappa shape index (κ2) is 36.5. The second-order valence-electron chi connectivity index (χ2n) is 12.5. The molecule has 220 valence electrons. The van der Waals surface area contributed by atoms with Gasteiger partial charge in [0.15, 0.2) is 0 Å². The van der Waals surface area contributed by atoms with E-state index in [1.807, 2.05) is 0 Å². The van der Waals surface area contributed by atoms with Gasteiger partial charge < -0.3 is 0 Å². The maximum absolute atomic E-state index is 2.31. The van der Waals surface area contributed by atoms with Crippen LogP contribution >= 0.6 is 0 Å². The molecular weight excluding hydrogens is 459 g/mol. The number of hydrogen-bond acceptors (Lipinski definition) is 0. The first kappa shape index (κ1) is 37.5. The van der Waals surface area contributed by atoms with Crippen molar-refractivity contribution in [3.05, 3.63) is 0 Å². The summed E-state index contributed by atoms with van der Waals surface area (Å²) in [6.07, 6.45) is 47.6. The van der Waals surface area contributed by atoms with E-state index in [1.165, 1.54) is 205 Å². The molecule has 0 fully saturated rings. The van der Waals surface area contributed by atoms with Gasteiger partial charge in [-0.1, -0.05) is 78.1 Å². The van der Waals surface area contributed by atoms with Gasteiger partial charge in [-0.2, -0.15) is 0 Å². The standard InChI is InChI=1S/2C18H37.Al/c2*1-3-5-7-9-11-13-15-17-18-16-14-12-10-8-6-4-2;/h2*1,3-18H2,2H3;/q;;+1. The average molecular weight is 534 g/mol. The molecule has 0 unspecified atom stereocenters. The van der Waals surface area contributed by atoms with E-state index >= 15 is 0 Å². The molecule has 0 nitrogen and oxygen atoms in total. The van der Waals surface area contributed by atoms with Gasteiger partial charge in [-0.05, 0) is 0 Å². The first-order valence-electron chi connectivity index (χ1n) is 18.2. The van der Waals surface area contributed by atoms with Crippen LogP contribution in [0.5, 0.6) is 0 Å². The fourth-order valence-electron chi connectivity index (χ4n) is 5.82. The molecule has 0 atom stereocenters. The van der Waals surface area contributed by atoms with Gasteiger partial charge in [0.2, 0.25) is 0 Å². The topological polar surface area (TPSA) is 0 Å². The van der Waals surface area contributed by atoms with E-state index in [-0.39, 0.29) is 0 Å². The monoisotopic (exact) mass is 534 g/mol. The van der Waals surface area contributed by atoms with Crippen molar-refractivity contribution in [2.45, 2.75) is 230 Å². The van der Waals surface area contributed by atoms with E-state index in [2.05, 4.69) is 13.8 Å². The Morgan fingerprint density at radius 1 is 0.216 bits per heavy atom. The van der Waals surface area contributed by atoms with Crippen LogP contribution in [0.1, 0.15) is 219 Å². The van der Waals surface area contributed by atoms with Crippen molar-refractivity contribution in [3.63, 3.8) is 0 Å². The molecule has 0 spiro atoms. The summed E-state index contributed by atoms with van der Waals surface area (Å²) in [5.74, 6) is 0. The first-order valence-corrected chi connectivity index (χ1v) is 19.9. The van der Waals surface area contributed by atoms with Gasteiger partial charge in [0.25, 0.3) is 0 Å². The summed E-state index contributed by atoms with van der Waals surface area (Å²) >= 11 is 0.768. The molecule has 0 amide bonds. The molecule has 0 radical (unpaired) electrons. The summed E-state index contributed by atoms with van der Waals surface area (Å²) in [6, 6.07) is 0.